The second kappa shape index (κ2) is 8.72. The monoisotopic (exact) mass is 452 g/mol. The largest absolute Gasteiger partial charge is 0.345 e. The number of nitrogens with two attached hydrogens (primary N) is 1. The van der Waals surface area contributed by atoms with E-state index in [2.05, 4.69) is 15.3 Å². The van der Waals surface area contributed by atoms with E-state index < -0.39 is 10.8 Å². The number of aromatic amines is 1. The number of non-ortho nitro benzene ring substituents is 1. The van der Waals surface area contributed by atoms with Gasteiger partial charge in [-0.05, 0) is 41.0 Å². The number of nitro benzene ring substituents is 1. The van der Waals surface area contributed by atoms with E-state index in [1.54, 1.807) is 18.6 Å². The van der Waals surface area contributed by atoms with Gasteiger partial charge in [-0.2, -0.15) is 0 Å². The van der Waals surface area contributed by atoms with Crippen molar-refractivity contribution < 1.29 is 9.72 Å². The van der Waals surface area contributed by atoms with Crippen molar-refractivity contribution in [2.24, 2.45) is 10.7 Å². The van der Waals surface area contributed by atoms with Gasteiger partial charge in [0.1, 0.15) is 5.92 Å². The van der Waals surface area contributed by atoms with E-state index in [1.165, 1.54) is 12.1 Å². The molecule has 0 aliphatic carbocycles. The van der Waals surface area contributed by atoms with Gasteiger partial charge in [0.25, 0.3) is 5.69 Å². The first-order valence-electron chi connectivity index (χ1n) is 10.6. The number of rotatable bonds is 6. The molecule has 2 heterocycles. The molecule has 1 unspecified atom stereocenters. The average molecular weight is 452 g/mol. The van der Waals surface area contributed by atoms with Crippen LogP contribution >= 0.6 is 0 Å². The molecular weight excluding hydrogens is 432 g/mol. The van der Waals surface area contributed by atoms with Crippen LogP contribution in [0.5, 0.6) is 0 Å². The second-order valence-corrected chi connectivity index (χ2v) is 7.86. The summed E-state index contributed by atoms with van der Waals surface area (Å²) in [7, 11) is 0. The van der Waals surface area contributed by atoms with Gasteiger partial charge in [-0.15, -0.1) is 0 Å². The maximum absolute atomic E-state index is 13.1. The summed E-state index contributed by atoms with van der Waals surface area (Å²) >= 11 is 0. The van der Waals surface area contributed by atoms with E-state index >= 15 is 0 Å². The molecule has 1 aliphatic heterocycles. The van der Waals surface area contributed by atoms with Crippen LogP contribution in [0.25, 0.3) is 11.3 Å². The number of hydrogen-bond donors (Lipinski definition) is 3. The van der Waals surface area contributed by atoms with Crippen molar-refractivity contribution in [1.82, 2.24) is 9.97 Å². The fraction of sp³-hybridized carbons (Fsp3) is 0.0800. The minimum atomic E-state index is -0.810. The number of hydrogen-bond acceptors (Lipinski definition) is 6. The highest BCUT2D eigenvalue weighted by Crippen LogP contribution is 2.38. The molecule has 0 saturated heterocycles. The van der Waals surface area contributed by atoms with Crippen LogP contribution in [-0.2, 0) is 11.3 Å². The Morgan fingerprint density at radius 1 is 1.12 bits per heavy atom. The Hall–Kier alpha value is -4.63. The molecule has 9 nitrogen and oxygen atoms in total. The van der Waals surface area contributed by atoms with Crippen molar-refractivity contribution in [3.63, 3.8) is 0 Å². The first-order valence-corrected chi connectivity index (χ1v) is 10.6. The molecule has 4 N–H and O–H groups in total. The molecule has 1 aromatic heterocycles. The lowest BCUT2D eigenvalue weighted by molar-refractivity contribution is -0.384. The van der Waals surface area contributed by atoms with E-state index in [1.807, 2.05) is 48.5 Å². The van der Waals surface area contributed by atoms with Crippen molar-refractivity contribution >= 4 is 28.7 Å². The van der Waals surface area contributed by atoms with Gasteiger partial charge in [-0.1, -0.05) is 30.3 Å². The smallest absolute Gasteiger partial charge is 0.269 e. The molecule has 0 fully saturated rings. The van der Waals surface area contributed by atoms with Crippen molar-refractivity contribution in [3.05, 3.63) is 106 Å². The highest BCUT2D eigenvalue weighted by atomic mass is 16.6. The lowest BCUT2D eigenvalue weighted by Gasteiger charge is -2.15. The van der Waals surface area contributed by atoms with Crippen molar-refractivity contribution in [1.29, 1.82) is 0 Å². The number of nitrogens with zero attached hydrogens (tertiary/aromatic N) is 3. The first kappa shape index (κ1) is 21.2. The van der Waals surface area contributed by atoms with Gasteiger partial charge >= 0.3 is 0 Å². The Morgan fingerprint density at radius 3 is 2.65 bits per heavy atom. The maximum Gasteiger partial charge on any atom is 0.269 e. The molecule has 0 bridgehead atoms. The number of H-pyrrole nitrogens is 1. The predicted molar refractivity (Wildman–Crippen MR) is 129 cm³/mol. The van der Waals surface area contributed by atoms with Gasteiger partial charge in [-0.25, -0.2) is 4.98 Å². The zero-order valence-corrected chi connectivity index (χ0v) is 17.9. The molecule has 34 heavy (non-hydrogen) atoms. The van der Waals surface area contributed by atoms with Crippen molar-refractivity contribution in [2.45, 2.75) is 12.5 Å². The number of benzene rings is 3. The summed E-state index contributed by atoms with van der Waals surface area (Å²) in [5.74, 6) is -1.10. The van der Waals surface area contributed by atoms with E-state index in [4.69, 9.17) is 10.7 Å². The summed E-state index contributed by atoms with van der Waals surface area (Å²) in [5, 5.41) is 14.2. The topological polar surface area (TPSA) is 139 Å². The maximum atomic E-state index is 13.1. The number of carbonyl (C=O) groups is 1. The third-order valence-corrected chi connectivity index (χ3v) is 5.73. The quantitative estimate of drug-likeness (QED) is 0.227. The number of carbonyl (C=O) groups excluding carboxylic acids is 1. The molecule has 1 amide bonds. The second-order valence-electron chi connectivity index (χ2n) is 7.86. The summed E-state index contributed by atoms with van der Waals surface area (Å²) in [4.78, 5) is 35.9. The third-order valence-electron chi connectivity index (χ3n) is 5.73. The molecule has 0 radical (unpaired) electrons. The van der Waals surface area contributed by atoms with Crippen molar-refractivity contribution in [2.75, 3.05) is 5.32 Å². The molecule has 0 spiro atoms. The summed E-state index contributed by atoms with van der Waals surface area (Å²) in [6, 6.07) is 19.4. The average Bonchev–Trinajstić information content (AvgIpc) is 3.50. The van der Waals surface area contributed by atoms with E-state index in [9.17, 15) is 14.9 Å². The van der Waals surface area contributed by atoms with Crippen LogP contribution in [0.1, 0.15) is 22.6 Å². The molecule has 0 saturated carbocycles. The molecule has 1 atom stereocenters. The molecule has 168 valence electrons. The molecule has 3 aromatic carbocycles. The minimum absolute atomic E-state index is 0.0841. The summed E-state index contributed by atoms with van der Waals surface area (Å²) in [6.07, 6.45) is 3.34. The van der Waals surface area contributed by atoms with Crippen LogP contribution in [0.3, 0.4) is 0 Å². The summed E-state index contributed by atoms with van der Waals surface area (Å²) in [5.41, 5.74) is 11.4. The van der Waals surface area contributed by atoms with E-state index in [0.717, 1.165) is 22.4 Å². The zero-order chi connectivity index (χ0) is 23.7. The number of imidazole rings is 1. The first-order chi connectivity index (χ1) is 16.5. The number of amides is 1. The van der Waals surface area contributed by atoms with Crippen LogP contribution in [0.4, 0.5) is 17.1 Å². The number of anilines is 1. The van der Waals surface area contributed by atoms with Gasteiger partial charge in [0, 0.05) is 29.9 Å². The lowest BCUT2D eigenvalue weighted by atomic mass is 9.89. The summed E-state index contributed by atoms with van der Waals surface area (Å²) < 4.78 is 0. The van der Waals surface area contributed by atoms with E-state index in [-0.39, 0.29) is 11.6 Å². The Bertz CT molecular complexity index is 1410. The summed E-state index contributed by atoms with van der Waals surface area (Å²) in [6.45, 7) is 0.332. The minimum Gasteiger partial charge on any atom is -0.345 e. The number of aliphatic imine (C=N–C) groups is 1. The van der Waals surface area contributed by atoms with Crippen LogP contribution < -0.4 is 11.1 Å². The third kappa shape index (κ3) is 3.96. The van der Waals surface area contributed by atoms with Crippen LogP contribution in [0, 0.1) is 10.1 Å². The highest BCUT2D eigenvalue weighted by Gasteiger charge is 2.36. The molecular formula is C25H20N6O3. The van der Waals surface area contributed by atoms with Gasteiger partial charge in [0.2, 0.25) is 5.91 Å². The number of nitrogens with one attached hydrogen (secondary N) is 2. The molecule has 5 rings (SSSR count). The van der Waals surface area contributed by atoms with Crippen molar-refractivity contribution in [3.8, 4) is 11.3 Å². The highest BCUT2D eigenvalue weighted by molar-refractivity contribution is 6.24. The Kier molecular flexibility index (Phi) is 5.44. The SMILES string of the molecule is NCc1cccc(C(=Nc2ccc(-c3cnc[nH]3)cc2)C2C(=O)Nc3ccc([N+](=O)[O-])cc32)c1. The number of fused-ring (bicyclic) bond motifs is 1. The van der Waals surface area contributed by atoms with E-state index in [0.29, 0.717) is 29.2 Å². The predicted octanol–water partition coefficient (Wildman–Crippen LogP) is 4.30. The number of aromatic nitrogens is 2. The van der Waals surface area contributed by atoms with Crippen LogP contribution in [0.2, 0.25) is 0 Å². The zero-order valence-electron chi connectivity index (χ0n) is 17.9. The molecule has 9 heteroatoms. The van der Waals surface area contributed by atoms with Gasteiger partial charge in [0.05, 0.1) is 34.5 Å². The van der Waals surface area contributed by atoms with Crippen LogP contribution in [-0.4, -0.2) is 26.5 Å². The Morgan fingerprint density at radius 2 is 1.94 bits per heavy atom. The fourth-order valence-corrected chi connectivity index (χ4v) is 4.06. The van der Waals surface area contributed by atoms with Gasteiger partial charge in [0.15, 0.2) is 0 Å². The standard InChI is InChI=1S/C25H20N6O3/c26-12-15-2-1-3-17(10-15)24(29-18-6-4-16(5-7-18)22-13-27-14-28-22)23-20-11-19(31(33)34)8-9-21(20)30-25(23)32/h1-11,13-14,23H,12,26H2,(H,27,28)(H,30,32). The lowest BCUT2D eigenvalue weighted by Crippen LogP contribution is -2.22. The fourth-order valence-electron chi connectivity index (χ4n) is 4.06. The van der Waals surface area contributed by atoms with Gasteiger partial charge in [-0.3, -0.25) is 19.9 Å². The normalized spacial score (nSPS) is 15.1. The molecule has 4 aromatic rings. The number of nitro groups is 1. The molecule has 1 aliphatic rings. The van der Waals surface area contributed by atoms with Crippen LogP contribution in [0.15, 0.2) is 84.2 Å². The van der Waals surface area contributed by atoms with Gasteiger partial charge < -0.3 is 16.0 Å². The Labute approximate surface area is 194 Å². The Balaban J connectivity index is 1.63.